The lowest BCUT2D eigenvalue weighted by Gasteiger charge is -2.14. The van der Waals surface area contributed by atoms with Gasteiger partial charge in [0.1, 0.15) is 12.4 Å². The molecule has 8 nitrogen and oxygen atoms in total. The fourth-order valence-electron chi connectivity index (χ4n) is 3.53. The summed E-state index contributed by atoms with van der Waals surface area (Å²) < 4.78 is 21.9. The van der Waals surface area contributed by atoms with Gasteiger partial charge in [-0.1, -0.05) is 52.3 Å². The molecule has 1 fully saturated rings. The number of fused-ring (bicyclic) bond motifs is 1. The Balaban J connectivity index is 1.45. The van der Waals surface area contributed by atoms with Crippen molar-refractivity contribution in [1.82, 2.24) is 4.90 Å². The smallest absolute Gasteiger partial charge is 0.343 e. The zero-order valence-electron chi connectivity index (χ0n) is 19.5. The number of nitrogens with zero attached hydrogens (tertiary/aromatic N) is 1. The van der Waals surface area contributed by atoms with Crippen LogP contribution in [0, 0.1) is 0 Å². The number of hydrogen-bond acceptors (Lipinski definition) is 8. The molecule has 0 spiro atoms. The largest absolute Gasteiger partial charge is 0.493 e. The highest BCUT2D eigenvalue weighted by atomic mass is 79.9. The molecule has 0 atom stereocenters. The number of thioether (sulfide) groups is 1. The van der Waals surface area contributed by atoms with Gasteiger partial charge in [0.05, 0.1) is 25.7 Å². The standard InChI is InChI=1S/C26H22BrNO7S/c1-32-21-12-17(19(27)14-22(21)35-15-24(29)33-2)13-23-25(30)28(26(31)36-23)10-11-34-20-9-5-7-16-6-3-4-8-18(16)20/h3-9,12-14H,10-11,15H2,1-2H3/b23-13-. The fourth-order valence-corrected chi connectivity index (χ4v) is 4.82. The predicted molar refractivity (Wildman–Crippen MR) is 140 cm³/mol. The lowest BCUT2D eigenvalue weighted by molar-refractivity contribution is -0.142. The molecule has 10 heteroatoms. The van der Waals surface area contributed by atoms with Gasteiger partial charge in [0, 0.05) is 9.86 Å². The molecule has 1 heterocycles. The van der Waals surface area contributed by atoms with Crippen LogP contribution in [0.25, 0.3) is 16.8 Å². The third-order valence-corrected chi connectivity index (χ3v) is 6.93. The van der Waals surface area contributed by atoms with Crippen LogP contribution < -0.4 is 14.2 Å². The van der Waals surface area contributed by atoms with Crippen LogP contribution in [0.15, 0.2) is 64.0 Å². The first-order chi connectivity index (χ1) is 17.4. The number of amides is 2. The van der Waals surface area contributed by atoms with Gasteiger partial charge < -0.3 is 18.9 Å². The topological polar surface area (TPSA) is 91.4 Å². The Hall–Kier alpha value is -3.50. The van der Waals surface area contributed by atoms with Gasteiger partial charge in [0.25, 0.3) is 11.1 Å². The van der Waals surface area contributed by atoms with Crippen molar-refractivity contribution < 1.29 is 33.3 Å². The van der Waals surface area contributed by atoms with Crippen molar-refractivity contribution in [2.45, 2.75) is 0 Å². The SMILES string of the molecule is COC(=O)COc1cc(Br)c(/C=C2\SC(=O)N(CCOc3cccc4ccccc34)C2=O)cc1OC. The highest BCUT2D eigenvalue weighted by Gasteiger charge is 2.35. The van der Waals surface area contributed by atoms with Crippen molar-refractivity contribution in [3.05, 3.63) is 69.5 Å². The molecule has 0 saturated carbocycles. The number of carbonyl (C=O) groups is 3. The summed E-state index contributed by atoms with van der Waals surface area (Å²) in [6, 6.07) is 16.9. The number of ether oxygens (including phenoxy) is 4. The van der Waals surface area contributed by atoms with E-state index >= 15 is 0 Å². The number of carbonyl (C=O) groups excluding carboxylic acids is 3. The number of halogens is 1. The van der Waals surface area contributed by atoms with Crippen LogP contribution in [-0.2, 0) is 14.3 Å². The Bertz CT molecular complexity index is 1350. The molecule has 0 bridgehead atoms. The molecule has 0 aromatic heterocycles. The lowest BCUT2D eigenvalue weighted by Crippen LogP contribution is -2.32. The Labute approximate surface area is 220 Å². The van der Waals surface area contributed by atoms with E-state index in [9.17, 15) is 14.4 Å². The minimum atomic E-state index is -0.532. The first-order valence-corrected chi connectivity index (χ1v) is 12.4. The van der Waals surface area contributed by atoms with Gasteiger partial charge in [0.15, 0.2) is 18.1 Å². The molecule has 1 saturated heterocycles. The van der Waals surface area contributed by atoms with E-state index in [1.807, 2.05) is 42.5 Å². The first kappa shape index (κ1) is 25.6. The quantitative estimate of drug-likeness (QED) is 0.253. The predicted octanol–water partition coefficient (Wildman–Crippen LogP) is 5.28. The van der Waals surface area contributed by atoms with Crippen LogP contribution in [0.1, 0.15) is 5.56 Å². The third kappa shape index (κ3) is 5.66. The Morgan fingerprint density at radius 3 is 2.56 bits per heavy atom. The maximum absolute atomic E-state index is 13.0. The van der Waals surface area contributed by atoms with E-state index in [0.29, 0.717) is 27.3 Å². The second-order valence-electron chi connectivity index (χ2n) is 7.55. The van der Waals surface area contributed by atoms with Crippen molar-refractivity contribution >= 4 is 61.7 Å². The number of esters is 1. The lowest BCUT2D eigenvalue weighted by atomic mass is 10.1. The molecule has 1 aliphatic rings. The van der Waals surface area contributed by atoms with Gasteiger partial charge in [-0.05, 0) is 47.0 Å². The first-order valence-electron chi connectivity index (χ1n) is 10.8. The average molecular weight is 572 g/mol. The molecule has 1 aliphatic heterocycles. The summed E-state index contributed by atoms with van der Waals surface area (Å²) in [5, 5.41) is 1.65. The van der Waals surface area contributed by atoms with E-state index < -0.39 is 11.9 Å². The van der Waals surface area contributed by atoms with Crippen LogP contribution in [0.2, 0.25) is 0 Å². The summed E-state index contributed by atoms with van der Waals surface area (Å²) in [4.78, 5) is 38.3. The Kier molecular flexibility index (Phi) is 8.17. The number of rotatable bonds is 9. The summed E-state index contributed by atoms with van der Waals surface area (Å²) >= 11 is 4.30. The molecule has 3 aromatic carbocycles. The van der Waals surface area contributed by atoms with Gasteiger partial charge >= 0.3 is 5.97 Å². The van der Waals surface area contributed by atoms with E-state index in [1.165, 1.54) is 19.1 Å². The molecule has 0 unspecified atom stereocenters. The van der Waals surface area contributed by atoms with Gasteiger partial charge in [-0.25, -0.2) is 4.79 Å². The summed E-state index contributed by atoms with van der Waals surface area (Å²) in [6.45, 7) is 0.0114. The monoisotopic (exact) mass is 571 g/mol. The van der Waals surface area contributed by atoms with Crippen molar-refractivity contribution in [3.63, 3.8) is 0 Å². The molecular weight excluding hydrogens is 550 g/mol. The normalized spacial score (nSPS) is 14.4. The molecule has 0 radical (unpaired) electrons. The van der Waals surface area contributed by atoms with Crippen LogP contribution in [0.5, 0.6) is 17.2 Å². The van der Waals surface area contributed by atoms with Crippen molar-refractivity contribution in [2.24, 2.45) is 0 Å². The molecule has 36 heavy (non-hydrogen) atoms. The van der Waals surface area contributed by atoms with E-state index in [4.69, 9.17) is 14.2 Å². The van der Waals surface area contributed by atoms with Crippen molar-refractivity contribution in [2.75, 3.05) is 34.0 Å². The van der Waals surface area contributed by atoms with Crippen LogP contribution in [0.4, 0.5) is 4.79 Å². The molecule has 0 aliphatic carbocycles. The highest BCUT2D eigenvalue weighted by molar-refractivity contribution is 9.10. The Morgan fingerprint density at radius 2 is 1.78 bits per heavy atom. The second-order valence-corrected chi connectivity index (χ2v) is 9.40. The van der Waals surface area contributed by atoms with Crippen LogP contribution in [0.3, 0.4) is 0 Å². The van der Waals surface area contributed by atoms with Gasteiger partial charge in [0.2, 0.25) is 0 Å². The molecule has 4 rings (SSSR count). The summed E-state index contributed by atoms with van der Waals surface area (Å²) in [5.74, 6) is 0.446. The summed E-state index contributed by atoms with van der Waals surface area (Å²) in [5.41, 5.74) is 0.606. The number of benzene rings is 3. The second kappa shape index (κ2) is 11.5. The maximum Gasteiger partial charge on any atom is 0.343 e. The van der Waals surface area contributed by atoms with Crippen molar-refractivity contribution in [3.8, 4) is 17.2 Å². The molecule has 2 amide bonds. The number of hydrogen-bond donors (Lipinski definition) is 0. The minimum Gasteiger partial charge on any atom is -0.493 e. The van der Waals surface area contributed by atoms with E-state index in [1.54, 1.807) is 18.2 Å². The molecular formula is C26H22BrNO7S. The minimum absolute atomic E-state index is 0.121. The molecule has 0 N–H and O–H groups in total. The third-order valence-electron chi connectivity index (χ3n) is 5.34. The highest BCUT2D eigenvalue weighted by Crippen LogP contribution is 2.38. The van der Waals surface area contributed by atoms with E-state index in [2.05, 4.69) is 20.7 Å². The Morgan fingerprint density at radius 1 is 1.00 bits per heavy atom. The van der Waals surface area contributed by atoms with Gasteiger partial charge in [-0.3, -0.25) is 14.5 Å². The van der Waals surface area contributed by atoms with E-state index in [0.717, 1.165) is 22.5 Å². The zero-order chi connectivity index (χ0) is 25.7. The number of imide groups is 1. The van der Waals surface area contributed by atoms with Gasteiger partial charge in [-0.15, -0.1) is 0 Å². The van der Waals surface area contributed by atoms with Crippen molar-refractivity contribution in [1.29, 1.82) is 0 Å². The maximum atomic E-state index is 13.0. The molecule has 186 valence electrons. The van der Waals surface area contributed by atoms with Crippen LogP contribution in [-0.4, -0.2) is 56.0 Å². The van der Waals surface area contributed by atoms with E-state index in [-0.39, 0.29) is 29.9 Å². The summed E-state index contributed by atoms with van der Waals surface area (Å²) in [6.07, 6.45) is 1.60. The molecule has 3 aromatic rings. The van der Waals surface area contributed by atoms with Crippen LogP contribution >= 0.6 is 27.7 Å². The summed E-state index contributed by atoms with van der Waals surface area (Å²) in [7, 11) is 2.73. The fraction of sp³-hybridized carbons (Fsp3) is 0.192. The van der Waals surface area contributed by atoms with Gasteiger partial charge in [-0.2, -0.15) is 0 Å². The zero-order valence-corrected chi connectivity index (χ0v) is 21.9. The average Bonchev–Trinajstić information content (AvgIpc) is 3.15. The number of methoxy groups -OCH3 is 2.